The normalized spacial score (nSPS) is 17.1. The van der Waals surface area contributed by atoms with Crippen molar-refractivity contribution in [3.8, 4) is 0 Å². The number of aromatic nitrogens is 1. The average Bonchev–Trinajstić information content (AvgIpc) is 3.29. The number of hydrogen-bond acceptors (Lipinski definition) is 4. The van der Waals surface area contributed by atoms with Gasteiger partial charge in [-0.25, -0.2) is 4.98 Å². The summed E-state index contributed by atoms with van der Waals surface area (Å²) in [6, 6.07) is 15.4. The summed E-state index contributed by atoms with van der Waals surface area (Å²) in [5, 5.41) is 0.726. The predicted octanol–water partition coefficient (Wildman–Crippen LogP) is 4.88. The van der Waals surface area contributed by atoms with E-state index in [0.717, 1.165) is 39.3 Å². The summed E-state index contributed by atoms with van der Waals surface area (Å²) >= 11 is 4.96. The second-order valence-corrected chi connectivity index (χ2v) is 7.95. The van der Waals surface area contributed by atoms with E-state index in [2.05, 4.69) is 20.9 Å². The molecule has 0 aliphatic carbocycles. The molecule has 1 unspecified atom stereocenters. The summed E-state index contributed by atoms with van der Waals surface area (Å²) in [4.78, 5) is 19.6. The number of carbonyl (C=O) groups is 1. The number of halogens is 1. The molecule has 4 rings (SSSR count). The minimum atomic E-state index is -0.0398. The van der Waals surface area contributed by atoms with E-state index in [-0.39, 0.29) is 12.0 Å². The van der Waals surface area contributed by atoms with Crippen LogP contribution >= 0.6 is 27.3 Å². The lowest BCUT2D eigenvalue weighted by molar-refractivity contribution is 0.0917. The molecule has 128 valence electrons. The Morgan fingerprint density at radius 1 is 1.24 bits per heavy atom. The Hall–Kier alpha value is -1.76. The van der Waals surface area contributed by atoms with E-state index < -0.39 is 0 Å². The summed E-state index contributed by atoms with van der Waals surface area (Å²) in [5.41, 5.74) is 1.57. The molecular formula is C19H17BrN2O2S. The molecule has 1 aliphatic heterocycles. The molecule has 1 atom stereocenters. The SMILES string of the molecule is O=C(c1ccc(Br)cc1)N(CC1CCCO1)c1nc2ccccc2s1. The molecule has 1 saturated heterocycles. The lowest BCUT2D eigenvalue weighted by atomic mass is 10.2. The van der Waals surface area contributed by atoms with Crippen molar-refractivity contribution in [2.45, 2.75) is 18.9 Å². The third kappa shape index (κ3) is 3.61. The van der Waals surface area contributed by atoms with Crippen molar-refractivity contribution in [3.05, 3.63) is 58.6 Å². The average molecular weight is 417 g/mol. The molecule has 0 saturated carbocycles. The molecule has 4 nitrogen and oxygen atoms in total. The number of thiazole rings is 1. The maximum Gasteiger partial charge on any atom is 0.260 e. The number of carbonyl (C=O) groups excluding carboxylic acids is 1. The van der Waals surface area contributed by atoms with Gasteiger partial charge in [0.15, 0.2) is 5.13 Å². The van der Waals surface area contributed by atoms with Gasteiger partial charge in [0.25, 0.3) is 5.91 Å². The monoisotopic (exact) mass is 416 g/mol. The number of nitrogens with zero attached hydrogens (tertiary/aromatic N) is 2. The quantitative estimate of drug-likeness (QED) is 0.608. The number of amides is 1. The summed E-state index contributed by atoms with van der Waals surface area (Å²) < 4.78 is 7.79. The Balaban J connectivity index is 1.69. The molecule has 1 fully saturated rings. The van der Waals surface area contributed by atoms with E-state index in [1.807, 2.05) is 48.5 Å². The van der Waals surface area contributed by atoms with Crippen LogP contribution in [0.15, 0.2) is 53.0 Å². The van der Waals surface area contributed by atoms with Crippen LogP contribution in [0.1, 0.15) is 23.2 Å². The largest absolute Gasteiger partial charge is 0.376 e. The van der Waals surface area contributed by atoms with Crippen molar-refractivity contribution in [1.29, 1.82) is 0 Å². The van der Waals surface area contributed by atoms with Crippen LogP contribution in [0.25, 0.3) is 10.2 Å². The van der Waals surface area contributed by atoms with Gasteiger partial charge in [-0.3, -0.25) is 9.69 Å². The number of ether oxygens (including phenoxy) is 1. The Labute approximate surface area is 158 Å². The van der Waals surface area contributed by atoms with E-state index in [9.17, 15) is 4.79 Å². The molecule has 1 aliphatic rings. The van der Waals surface area contributed by atoms with Crippen LogP contribution in [-0.4, -0.2) is 30.1 Å². The van der Waals surface area contributed by atoms with Crippen LogP contribution in [0.4, 0.5) is 5.13 Å². The van der Waals surface area contributed by atoms with E-state index >= 15 is 0 Å². The lowest BCUT2D eigenvalue weighted by Crippen LogP contribution is -2.37. The Bertz CT molecular complexity index is 855. The van der Waals surface area contributed by atoms with E-state index in [4.69, 9.17) is 4.74 Å². The minimum Gasteiger partial charge on any atom is -0.376 e. The summed E-state index contributed by atoms with van der Waals surface area (Å²) in [5.74, 6) is -0.0398. The van der Waals surface area contributed by atoms with Gasteiger partial charge in [-0.2, -0.15) is 0 Å². The molecule has 6 heteroatoms. The summed E-state index contributed by atoms with van der Waals surface area (Å²) in [7, 11) is 0. The first-order valence-corrected chi connectivity index (χ1v) is 9.86. The molecule has 0 spiro atoms. The van der Waals surface area contributed by atoms with Crippen molar-refractivity contribution in [2.75, 3.05) is 18.1 Å². The van der Waals surface area contributed by atoms with E-state index in [1.54, 1.807) is 16.2 Å². The van der Waals surface area contributed by atoms with Gasteiger partial charge in [0.2, 0.25) is 0 Å². The number of fused-ring (bicyclic) bond motifs is 1. The maximum atomic E-state index is 13.1. The number of benzene rings is 2. The topological polar surface area (TPSA) is 42.4 Å². The van der Waals surface area contributed by atoms with Crippen molar-refractivity contribution < 1.29 is 9.53 Å². The first-order valence-electron chi connectivity index (χ1n) is 8.25. The number of anilines is 1. The van der Waals surface area contributed by atoms with Gasteiger partial charge < -0.3 is 4.74 Å². The first-order chi connectivity index (χ1) is 12.2. The van der Waals surface area contributed by atoms with Gasteiger partial charge in [-0.05, 0) is 49.2 Å². The molecule has 1 aromatic heterocycles. The van der Waals surface area contributed by atoms with E-state index in [1.165, 1.54) is 0 Å². The van der Waals surface area contributed by atoms with Crippen molar-refractivity contribution in [3.63, 3.8) is 0 Å². The van der Waals surface area contributed by atoms with Crippen LogP contribution in [0.5, 0.6) is 0 Å². The minimum absolute atomic E-state index is 0.0398. The fourth-order valence-corrected chi connectivity index (χ4v) is 4.20. The van der Waals surface area contributed by atoms with Gasteiger partial charge in [-0.15, -0.1) is 0 Å². The zero-order valence-corrected chi connectivity index (χ0v) is 15.9. The molecule has 2 aromatic carbocycles. The van der Waals surface area contributed by atoms with Crippen LogP contribution < -0.4 is 4.90 Å². The lowest BCUT2D eigenvalue weighted by Gasteiger charge is -2.23. The van der Waals surface area contributed by atoms with Gasteiger partial charge in [0.05, 0.1) is 22.9 Å². The van der Waals surface area contributed by atoms with Crippen molar-refractivity contribution >= 4 is 48.5 Å². The first kappa shape index (κ1) is 16.7. The maximum absolute atomic E-state index is 13.1. The van der Waals surface area contributed by atoms with Crippen molar-refractivity contribution in [2.24, 2.45) is 0 Å². The van der Waals surface area contributed by atoms with Gasteiger partial charge in [0, 0.05) is 16.6 Å². The third-order valence-electron chi connectivity index (χ3n) is 4.26. The molecule has 1 amide bonds. The van der Waals surface area contributed by atoms with Gasteiger partial charge in [-0.1, -0.05) is 39.4 Å². The number of hydrogen-bond donors (Lipinski definition) is 0. The fourth-order valence-electron chi connectivity index (χ4n) is 2.96. The zero-order valence-electron chi connectivity index (χ0n) is 13.5. The van der Waals surface area contributed by atoms with Gasteiger partial charge >= 0.3 is 0 Å². The fraction of sp³-hybridized carbons (Fsp3) is 0.263. The Morgan fingerprint density at radius 2 is 2.04 bits per heavy atom. The highest BCUT2D eigenvalue weighted by Gasteiger charge is 2.26. The van der Waals surface area contributed by atoms with E-state index in [0.29, 0.717) is 12.1 Å². The van der Waals surface area contributed by atoms with Crippen LogP contribution in [0.3, 0.4) is 0 Å². The highest BCUT2D eigenvalue weighted by Crippen LogP contribution is 2.30. The molecule has 0 radical (unpaired) electrons. The highest BCUT2D eigenvalue weighted by molar-refractivity contribution is 9.10. The molecule has 2 heterocycles. The Kier molecular flexibility index (Phi) is 4.83. The number of para-hydroxylation sites is 1. The molecule has 3 aromatic rings. The second kappa shape index (κ2) is 7.23. The summed E-state index contributed by atoms with van der Waals surface area (Å²) in [6.45, 7) is 1.31. The Morgan fingerprint density at radius 3 is 2.76 bits per heavy atom. The third-order valence-corrected chi connectivity index (χ3v) is 5.85. The molecular weight excluding hydrogens is 400 g/mol. The number of rotatable bonds is 4. The van der Waals surface area contributed by atoms with Crippen LogP contribution in [0.2, 0.25) is 0 Å². The standard InChI is InChI=1S/C19H17BrN2O2S/c20-14-9-7-13(8-10-14)18(23)22(12-15-4-3-11-24-15)19-21-16-5-1-2-6-17(16)25-19/h1-2,5-10,15H,3-4,11-12H2. The molecule has 0 bridgehead atoms. The zero-order chi connectivity index (χ0) is 17.2. The summed E-state index contributed by atoms with van der Waals surface area (Å²) in [6.07, 6.45) is 2.10. The highest BCUT2D eigenvalue weighted by atomic mass is 79.9. The van der Waals surface area contributed by atoms with Gasteiger partial charge in [0.1, 0.15) is 0 Å². The second-order valence-electron chi connectivity index (χ2n) is 6.02. The van der Waals surface area contributed by atoms with Crippen LogP contribution in [0, 0.1) is 0 Å². The molecule has 25 heavy (non-hydrogen) atoms. The molecule has 0 N–H and O–H groups in total. The van der Waals surface area contributed by atoms with Crippen molar-refractivity contribution in [1.82, 2.24) is 4.98 Å². The predicted molar refractivity (Wildman–Crippen MR) is 104 cm³/mol. The van der Waals surface area contributed by atoms with Crippen LogP contribution in [-0.2, 0) is 4.74 Å². The smallest absolute Gasteiger partial charge is 0.260 e.